The van der Waals surface area contributed by atoms with E-state index in [9.17, 15) is 9.90 Å². The van der Waals surface area contributed by atoms with Gasteiger partial charge in [0.25, 0.3) is 0 Å². The maximum absolute atomic E-state index is 13.0. The Kier molecular flexibility index (Phi) is 6.15. The minimum Gasteiger partial charge on any atom is -0.507 e. The van der Waals surface area contributed by atoms with Crippen molar-refractivity contribution in [1.82, 2.24) is 9.88 Å². The lowest BCUT2D eigenvalue weighted by molar-refractivity contribution is 0.0526. The number of esters is 1. The number of benzene rings is 2. The van der Waals surface area contributed by atoms with E-state index in [1.54, 1.807) is 26.2 Å². The smallest absolute Gasteiger partial charge is 0.342 e. The molecule has 0 fully saturated rings. The number of aromatic nitrogens is 1. The summed E-state index contributed by atoms with van der Waals surface area (Å²) in [6, 6.07) is 11.1. The van der Waals surface area contributed by atoms with Crippen molar-refractivity contribution in [3.63, 3.8) is 0 Å². The van der Waals surface area contributed by atoms with Gasteiger partial charge in [-0.05, 0) is 44.6 Å². The molecule has 1 unspecified atom stereocenters. The largest absolute Gasteiger partial charge is 0.507 e. The molecule has 166 valence electrons. The van der Waals surface area contributed by atoms with Gasteiger partial charge in [-0.1, -0.05) is 38.1 Å². The summed E-state index contributed by atoms with van der Waals surface area (Å²) < 4.78 is 11.5. The molecule has 6 nitrogen and oxygen atoms in total. The number of nitrogens with zero attached hydrogens (tertiary/aromatic N) is 2. The topological polar surface area (TPSA) is 75.8 Å². The number of rotatable bonds is 7. The predicted molar refractivity (Wildman–Crippen MR) is 125 cm³/mol. The molecular formula is C26H28N2O4. The summed E-state index contributed by atoms with van der Waals surface area (Å²) in [6.45, 7) is 9.47. The van der Waals surface area contributed by atoms with Gasteiger partial charge in [-0.2, -0.15) is 0 Å². The van der Waals surface area contributed by atoms with Crippen molar-refractivity contribution in [1.29, 1.82) is 0 Å². The average molecular weight is 433 g/mol. The molecule has 1 N–H and O–H groups in total. The Bertz CT molecular complexity index is 1260. The van der Waals surface area contributed by atoms with Gasteiger partial charge in [0, 0.05) is 34.1 Å². The lowest BCUT2D eigenvalue weighted by Crippen LogP contribution is -2.29. The van der Waals surface area contributed by atoms with Crippen molar-refractivity contribution in [3.8, 4) is 5.75 Å². The first-order valence-electron chi connectivity index (χ1n) is 11.0. The van der Waals surface area contributed by atoms with E-state index in [-0.39, 0.29) is 18.4 Å². The van der Waals surface area contributed by atoms with Crippen LogP contribution in [0.5, 0.6) is 5.75 Å². The summed E-state index contributed by atoms with van der Waals surface area (Å²) >= 11 is 0. The Morgan fingerprint density at radius 2 is 1.75 bits per heavy atom. The molecule has 6 heteroatoms. The molecule has 0 radical (unpaired) electrons. The minimum absolute atomic E-state index is 0.146. The molecule has 0 aliphatic carbocycles. The predicted octanol–water partition coefficient (Wildman–Crippen LogP) is 5.60. The van der Waals surface area contributed by atoms with Crippen LogP contribution in [0.1, 0.15) is 54.1 Å². The number of aryl methyl sites for hydroxylation is 1. The van der Waals surface area contributed by atoms with Gasteiger partial charge in [0.15, 0.2) is 0 Å². The third-order valence-electron chi connectivity index (χ3n) is 5.99. The molecular weight excluding hydrogens is 404 g/mol. The first kappa shape index (κ1) is 21.8. The standard InChI is InChI=1S/C26H28N2O4/c1-5-28(6-2)23(17-12-14-27-15-13-17)22-21-20(26(30)31-7-3)16(4)32-25(21)19-11-9-8-10-18(19)24(22)29/h8-15,23,29H,5-7H2,1-4H3. The quantitative estimate of drug-likeness (QED) is 0.383. The first-order chi connectivity index (χ1) is 15.5. The highest BCUT2D eigenvalue weighted by Crippen LogP contribution is 2.47. The number of hydrogen-bond donors (Lipinski definition) is 1. The zero-order valence-corrected chi connectivity index (χ0v) is 18.9. The maximum Gasteiger partial charge on any atom is 0.342 e. The third-order valence-corrected chi connectivity index (χ3v) is 5.99. The number of ether oxygens (including phenoxy) is 1. The summed E-state index contributed by atoms with van der Waals surface area (Å²) in [5.41, 5.74) is 2.57. The van der Waals surface area contributed by atoms with Gasteiger partial charge in [0.1, 0.15) is 22.7 Å². The Morgan fingerprint density at radius 3 is 2.38 bits per heavy atom. The van der Waals surface area contributed by atoms with Crippen LogP contribution in [0.3, 0.4) is 0 Å². The second-order valence-electron chi connectivity index (χ2n) is 7.67. The minimum atomic E-state index is -0.451. The van der Waals surface area contributed by atoms with Crippen LogP contribution in [-0.4, -0.2) is 40.7 Å². The van der Waals surface area contributed by atoms with E-state index >= 15 is 0 Å². The molecule has 0 aliphatic rings. The van der Waals surface area contributed by atoms with Gasteiger partial charge < -0.3 is 14.3 Å². The summed E-state index contributed by atoms with van der Waals surface area (Å²) in [6.07, 6.45) is 3.49. The highest BCUT2D eigenvalue weighted by Gasteiger charge is 2.32. The highest BCUT2D eigenvalue weighted by molar-refractivity contribution is 6.16. The van der Waals surface area contributed by atoms with Gasteiger partial charge in [0.2, 0.25) is 0 Å². The fourth-order valence-electron chi connectivity index (χ4n) is 4.55. The van der Waals surface area contributed by atoms with Crippen LogP contribution in [-0.2, 0) is 4.74 Å². The Balaban J connectivity index is 2.18. The summed E-state index contributed by atoms with van der Waals surface area (Å²) in [7, 11) is 0. The number of fused-ring (bicyclic) bond motifs is 3. The van der Waals surface area contributed by atoms with Crippen LogP contribution >= 0.6 is 0 Å². The molecule has 0 aliphatic heterocycles. The lowest BCUT2D eigenvalue weighted by Gasteiger charge is -2.32. The molecule has 2 heterocycles. The third kappa shape index (κ3) is 3.50. The summed E-state index contributed by atoms with van der Waals surface area (Å²) in [5.74, 6) is 0.171. The molecule has 32 heavy (non-hydrogen) atoms. The van der Waals surface area contributed by atoms with Crippen molar-refractivity contribution in [2.75, 3.05) is 19.7 Å². The van der Waals surface area contributed by atoms with Crippen LogP contribution in [0.2, 0.25) is 0 Å². The SMILES string of the molecule is CCOC(=O)c1c(C)oc2c1c(C(c1ccncc1)N(CC)CC)c(O)c1ccccc12. The van der Waals surface area contributed by atoms with Crippen LogP contribution < -0.4 is 0 Å². The van der Waals surface area contributed by atoms with Crippen LogP contribution in [0, 0.1) is 6.92 Å². The fraction of sp³-hybridized carbons (Fsp3) is 0.308. The molecule has 2 aromatic carbocycles. The van der Waals surface area contributed by atoms with E-state index in [1.165, 1.54) is 0 Å². The zero-order valence-electron chi connectivity index (χ0n) is 18.9. The number of pyridine rings is 1. The summed E-state index contributed by atoms with van der Waals surface area (Å²) in [5, 5.41) is 13.7. The van der Waals surface area contributed by atoms with Gasteiger partial charge >= 0.3 is 5.97 Å². The number of aromatic hydroxyl groups is 1. The molecule has 0 bridgehead atoms. The molecule has 0 amide bonds. The number of phenolic OH excluding ortho intramolecular Hbond substituents is 1. The van der Waals surface area contributed by atoms with Crippen molar-refractivity contribution < 1.29 is 19.1 Å². The Morgan fingerprint density at radius 1 is 1.09 bits per heavy atom. The van der Waals surface area contributed by atoms with Crippen molar-refractivity contribution in [2.24, 2.45) is 0 Å². The van der Waals surface area contributed by atoms with Crippen molar-refractivity contribution >= 4 is 27.7 Å². The number of furan rings is 1. The number of carbonyl (C=O) groups excluding carboxylic acids is 1. The van der Waals surface area contributed by atoms with E-state index in [4.69, 9.17) is 9.15 Å². The fourth-order valence-corrected chi connectivity index (χ4v) is 4.55. The molecule has 4 aromatic rings. The molecule has 0 saturated carbocycles. The number of hydrogen-bond acceptors (Lipinski definition) is 6. The van der Waals surface area contributed by atoms with Crippen molar-refractivity contribution in [2.45, 2.75) is 33.7 Å². The van der Waals surface area contributed by atoms with Gasteiger partial charge in [-0.15, -0.1) is 0 Å². The van der Waals surface area contributed by atoms with Gasteiger partial charge in [-0.3, -0.25) is 9.88 Å². The highest BCUT2D eigenvalue weighted by atomic mass is 16.5. The molecule has 2 aromatic heterocycles. The molecule has 0 saturated heterocycles. The van der Waals surface area contributed by atoms with E-state index in [2.05, 4.69) is 23.7 Å². The van der Waals surface area contributed by atoms with E-state index in [0.717, 1.165) is 24.0 Å². The van der Waals surface area contributed by atoms with Gasteiger partial charge in [-0.25, -0.2) is 4.79 Å². The van der Waals surface area contributed by atoms with Crippen LogP contribution in [0.25, 0.3) is 21.7 Å². The van der Waals surface area contributed by atoms with Gasteiger partial charge in [0.05, 0.1) is 12.6 Å². The average Bonchev–Trinajstić information content (AvgIpc) is 3.16. The van der Waals surface area contributed by atoms with Crippen molar-refractivity contribution in [3.05, 3.63) is 71.2 Å². The normalized spacial score (nSPS) is 12.5. The maximum atomic E-state index is 13.0. The van der Waals surface area contributed by atoms with E-state index < -0.39 is 5.97 Å². The van der Waals surface area contributed by atoms with E-state index in [0.29, 0.717) is 33.2 Å². The molecule has 0 spiro atoms. The second-order valence-corrected chi connectivity index (χ2v) is 7.67. The van der Waals surface area contributed by atoms with Crippen LogP contribution in [0.15, 0.2) is 53.2 Å². The Hall–Kier alpha value is -3.38. The number of phenols is 1. The second kappa shape index (κ2) is 9.01. The number of carbonyl (C=O) groups is 1. The summed E-state index contributed by atoms with van der Waals surface area (Å²) in [4.78, 5) is 19.4. The monoisotopic (exact) mass is 432 g/mol. The zero-order chi connectivity index (χ0) is 22.8. The first-order valence-corrected chi connectivity index (χ1v) is 11.0. The Labute approximate surface area is 187 Å². The molecule has 1 atom stereocenters. The van der Waals surface area contributed by atoms with Crippen LogP contribution in [0.4, 0.5) is 0 Å². The lowest BCUT2D eigenvalue weighted by atomic mass is 9.89. The van der Waals surface area contributed by atoms with E-state index in [1.807, 2.05) is 36.4 Å². The molecule has 4 rings (SSSR count).